The standard InChI is InChI=1S/C25H34N8O/c1-30(2)24(34)19-14-18-15-27-25(29-23(18)33(17-19)21-6-4-5-7-21)28-20-8-9-22(26-16-20)32-12-10-31(3)11-13-32/h8-9,14-16,21H,4-7,10-13,17H2,1-3H3,(H,27,28,29). The van der Waals surface area contributed by atoms with Gasteiger partial charge < -0.3 is 24.9 Å². The van der Waals surface area contributed by atoms with E-state index in [1.54, 1.807) is 19.0 Å². The summed E-state index contributed by atoms with van der Waals surface area (Å²) in [6.45, 7) is 4.68. The molecule has 3 aliphatic rings. The van der Waals surface area contributed by atoms with Crippen LogP contribution >= 0.6 is 0 Å². The molecule has 9 nitrogen and oxygen atoms in total. The summed E-state index contributed by atoms with van der Waals surface area (Å²) in [5, 5.41) is 3.32. The van der Waals surface area contributed by atoms with Crippen LogP contribution in [0.3, 0.4) is 0 Å². The molecule has 1 aliphatic carbocycles. The van der Waals surface area contributed by atoms with E-state index in [2.05, 4.69) is 43.1 Å². The molecule has 2 fully saturated rings. The lowest BCUT2D eigenvalue weighted by molar-refractivity contribution is -0.124. The Morgan fingerprint density at radius 1 is 1.06 bits per heavy atom. The molecule has 1 saturated heterocycles. The number of fused-ring (bicyclic) bond motifs is 1. The fourth-order valence-corrected chi connectivity index (χ4v) is 5.01. The van der Waals surface area contributed by atoms with E-state index in [0.717, 1.165) is 67.5 Å². The van der Waals surface area contributed by atoms with Crippen LogP contribution in [0.15, 0.2) is 30.1 Å². The highest BCUT2D eigenvalue weighted by Crippen LogP contribution is 2.35. The molecule has 0 atom stereocenters. The van der Waals surface area contributed by atoms with Crippen molar-refractivity contribution in [1.29, 1.82) is 0 Å². The van der Waals surface area contributed by atoms with Crippen LogP contribution in [0.4, 0.5) is 23.3 Å². The molecule has 1 amide bonds. The van der Waals surface area contributed by atoms with Crippen molar-refractivity contribution in [3.05, 3.63) is 35.7 Å². The normalized spacial score (nSPS) is 19.1. The van der Waals surface area contributed by atoms with Crippen molar-refractivity contribution in [3.8, 4) is 0 Å². The molecule has 1 saturated carbocycles. The summed E-state index contributed by atoms with van der Waals surface area (Å²) in [5.41, 5.74) is 2.55. The van der Waals surface area contributed by atoms with E-state index in [0.29, 0.717) is 18.5 Å². The molecule has 4 heterocycles. The number of aromatic nitrogens is 3. The van der Waals surface area contributed by atoms with Gasteiger partial charge in [-0.2, -0.15) is 4.98 Å². The Labute approximate surface area is 201 Å². The number of piperazine rings is 1. The van der Waals surface area contributed by atoms with Crippen LogP contribution in [-0.2, 0) is 4.79 Å². The summed E-state index contributed by atoms with van der Waals surface area (Å²) in [6.07, 6.45) is 10.3. The maximum Gasteiger partial charge on any atom is 0.251 e. The lowest BCUT2D eigenvalue weighted by Crippen LogP contribution is -2.44. The molecule has 2 aliphatic heterocycles. The number of nitrogens with one attached hydrogen (secondary N) is 1. The van der Waals surface area contributed by atoms with E-state index < -0.39 is 0 Å². The van der Waals surface area contributed by atoms with E-state index in [1.807, 2.05) is 24.5 Å². The molecule has 34 heavy (non-hydrogen) atoms. The highest BCUT2D eigenvalue weighted by molar-refractivity contribution is 6.00. The first-order valence-corrected chi connectivity index (χ1v) is 12.2. The van der Waals surface area contributed by atoms with Crippen LogP contribution in [0.2, 0.25) is 0 Å². The van der Waals surface area contributed by atoms with Crippen LogP contribution in [0, 0.1) is 0 Å². The smallest absolute Gasteiger partial charge is 0.251 e. The molecular formula is C25H34N8O. The Kier molecular flexibility index (Phi) is 6.36. The number of amides is 1. The zero-order valence-corrected chi connectivity index (χ0v) is 20.4. The zero-order valence-electron chi connectivity index (χ0n) is 20.4. The molecule has 2 aromatic rings. The Bertz CT molecular complexity index is 1050. The van der Waals surface area contributed by atoms with Crippen molar-refractivity contribution in [2.75, 3.05) is 69.0 Å². The summed E-state index contributed by atoms with van der Waals surface area (Å²) >= 11 is 0. The van der Waals surface area contributed by atoms with Gasteiger partial charge in [-0.15, -0.1) is 0 Å². The molecule has 180 valence electrons. The van der Waals surface area contributed by atoms with E-state index in [1.165, 1.54) is 12.8 Å². The van der Waals surface area contributed by atoms with Gasteiger partial charge in [0.1, 0.15) is 11.6 Å². The van der Waals surface area contributed by atoms with Gasteiger partial charge in [-0.3, -0.25) is 4.79 Å². The van der Waals surface area contributed by atoms with Gasteiger partial charge in [0.15, 0.2) is 0 Å². The predicted octanol–water partition coefficient (Wildman–Crippen LogP) is 2.60. The molecule has 0 unspecified atom stereocenters. The third kappa shape index (κ3) is 4.70. The molecule has 0 aromatic carbocycles. The Morgan fingerprint density at radius 3 is 2.50 bits per heavy atom. The third-order valence-corrected chi connectivity index (χ3v) is 7.02. The number of anilines is 4. The first-order chi connectivity index (χ1) is 16.5. The first-order valence-electron chi connectivity index (χ1n) is 12.2. The van der Waals surface area contributed by atoms with Gasteiger partial charge in [0, 0.05) is 63.6 Å². The van der Waals surface area contributed by atoms with Gasteiger partial charge in [-0.05, 0) is 38.1 Å². The van der Waals surface area contributed by atoms with E-state index in [9.17, 15) is 4.79 Å². The number of nitrogens with zero attached hydrogens (tertiary/aromatic N) is 7. The number of carbonyl (C=O) groups excluding carboxylic acids is 1. The van der Waals surface area contributed by atoms with Crippen LogP contribution in [0.5, 0.6) is 0 Å². The fourth-order valence-electron chi connectivity index (χ4n) is 5.01. The van der Waals surface area contributed by atoms with Crippen molar-refractivity contribution >= 4 is 35.3 Å². The van der Waals surface area contributed by atoms with Gasteiger partial charge in [0.05, 0.1) is 18.4 Å². The Morgan fingerprint density at radius 2 is 1.82 bits per heavy atom. The van der Waals surface area contributed by atoms with E-state index in [4.69, 9.17) is 4.98 Å². The summed E-state index contributed by atoms with van der Waals surface area (Å²) in [7, 11) is 5.75. The molecule has 0 spiro atoms. The number of carbonyl (C=O) groups is 1. The minimum absolute atomic E-state index is 0.0439. The van der Waals surface area contributed by atoms with Crippen molar-refractivity contribution in [2.24, 2.45) is 0 Å². The van der Waals surface area contributed by atoms with Crippen LogP contribution < -0.4 is 15.1 Å². The molecule has 0 bridgehead atoms. The highest BCUT2D eigenvalue weighted by atomic mass is 16.2. The molecule has 0 radical (unpaired) electrons. The molecule has 1 N–H and O–H groups in total. The monoisotopic (exact) mass is 462 g/mol. The number of pyridine rings is 1. The number of hydrogen-bond acceptors (Lipinski definition) is 8. The van der Waals surface area contributed by atoms with Gasteiger partial charge in [0.25, 0.3) is 5.91 Å². The highest BCUT2D eigenvalue weighted by Gasteiger charge is 2.31. The van der Waals surface area contributed by atoms with Gasteiger partial charge in [-0.25, -0.2) is 9.97 Å². The van der Waals surface area contributed by atoms with Gasteiger partial charge in [-0.1, -0.05) is 12.8 Å². The summed E-state index contributed by atoms with van der Waals surface area (Å²) in [4.78, 5) is 35.4. The second-order valence-corrected chi connectivity index (χ2v) is 9.73. The number of hydrogen-bond donors (Lipinski definition) is 1. The Balaban J connectivity index is 1.36. The molecular weight excluding hydrogens is 428 g/mol. The zero-order chi connectivity index (χ0) is 23.7. The van der Waals surface area contributed by atoms with Crippen molar-refractivity contribution in [3.63, 3.8) is 0 Å². The van der Waals surface area contributed by atoms with E-state index in [-0.39, 0.29) is 5.91 Å². The van der Waals surface area contributed by atoms with Crippen molar-refractivity contribution in [2.45, 2.75) is 31.7 Å². The number of rotatable bonds is 5. The quantitative estimate of drug-likeness (QED) is 0.726. The van der Waals surface area contributed by atoms with Crippen LogP contribution in [0.25, 0.3) is 6.08 Å². The number of likely N-dealkylation sites (N-methyl/N-ethyl adjacent to an activating group) is 2. The SMILES string of the molecule is CN1CCN(c2ccc(Nc3ncc4c(n3)N(C3CCCC3)CC(C(=O)N(C)C)=C4)cn2)CC1. The molecule has 2 aromatic heterocycles. The maximum absolute atomic E-state index is 12.7. The van der Waals surface area contributed by atoms with Crippen LogP contribution in [-0.4, -0.2) is 90.6 Å². The van der Waals surface area contributed by atoms with E-state index >= 15 is 0 Å². The lowest BCUT2D eigenvalue weighted by atomic mass is 10.0. The lowest BCUT2D eigenvalue weighted by Gasteiger charge is -2.35. The third-order valence-electron chi connectivity index (χ3n) is 7.02. The summed E-state index contributed by atoms with van der Waals surface area (Å²) in [5.74, 6) is 2.50. The second-order valence-electron chi connectivity index (χ2n) is 9.73. The molecule has 5 rings (SSSR count). The fraction of sp³-hybridized carbons (Fsp3) is 0.520. The van der Waals surface area contributed by atoms with Crippen molar-refractivity contribution < 1.29 is 4.79 Å². The average molecular weight is 463 g/mol. The van der Waals surface area contributed by atoms with Crippen LogP contribution in [0.1, 0.15) is 31.2 Å². The minimum Gasteiger partial charge on any atom is -0.354 e. The van der Waals surface area contributed by atoms with Gasteiger partial charge in [0.2, 0.25) is 5.95 Å². The maximum atomic E-state index is 12.7. The Hall–Kier alpha value is -3.20. The first kappa shape index (κ1) is 22.6. The van der Waals surface area contributed by atoms with Gasteiger partial charge >= 0.3 is 0 Å². The minimum atomic E-state index is 0.0439. The predicted molar refractivity (Wildman–Crippen MR) is 136 cm³/mol. The molecule has 9 heteroatoms. The largest absolute Gasteiger partial charge is 0.354 e. The summed E-state index contributed by atoms with van der Waals surface area (Å²) < 4.78 is 0. The van der Waals surface area contributed by atoms with Crippen molar-refractivity contribution in [1.82, 2.24) is 24.8 Å². The second kappa shape index (κ2) is 9.58. The topological polar surface area (TPSA) is 80.7 Å². The average Bonchev–Trinajstić information content (AvgIpc) is 3.39. The summed E-state index contributed by atoms with van der Waals surface area (Å²) in [6, 6.07) is 4.50.